The van der Waals surface area contributed by atoms with Gasteiger partial charge in [0.25, 0.3) is 5.91 Å². The van der Waals surface area contributed by atoms with Crippen molar-refractivity contribution in [1.82, 2.24) is 15.2 Å². The maximum Gasteiger partial charge on any atom is 0.271 e. The molecule has 2 rings (SSSR count). The first-order valence-electron chi connectivity index (χ1n) is 7.25. The maximum atomic E-state index is 12.3. The zero-order valence-electron chi connectivity index (χ0n) is 12.3. The minimum Gasteiger partial charge on any atom is -0.384 e. The SMILES string of the molecule is CN1CCCCC1CNC(=O)c1ncccc1C#CCO. The summed E-state index contributed by atoms with van der Waals surface area (Å²) < 4.78 is 0. The van der Waals surface area contributed by atoms with Gasteiger partial charge in [0, 0.05) is 18.8 Å². The average Bonchev–Trinajstić information content (AvgIpc) is 2.52. The van der Waals surface area contributed by atoms with E-state index in [1.54, 1.807) is 18.3 Å². The molecule has 5 heteroatoms. The Balaban J connectivity index is 2.00. The number of nitrogens with one attached hydrogen (secondary N) is 1. The summed E-state index contributed by atoms with van der Waals surface area (Å²) >= 11 is 0. The number of hydrogen-bond donors (Lipinski definition) is 2. The first-order chi connectivity index (χ1) is 10.2. The quantitative estimate of drug-likeness (QED) is 0.801. The Labute approximate surface area is 125 Å². The summed E-state index contributed by atoms with van der Waals surface area (Å²) in [5.74, 6) is 5.10. The van der Waals surface area contributed by atoms with Gasteiger partial charge in [-0.2, -0.15) is 0 Å². The third-order valence-corrected chi connectivity index (χ3v) is 3.74. The van der Waals surface area contributed by atoms with Crippen LogP contribution in [0.1, 0.15) is 35.3 Å². The van der Waals surface area contributed by atoms with Crippen molar-refractivity contribution in [1.29, 1.82) is 0 Å². The smallest absolute Gasteiger partial charge is 0.271 e. The molecule has 2 N–H and O–H groups in total. The van der Waals surface area contributed by atoms with E-state index in [9.17, 15) is 4.79 Å². The molecule has 21 heavy (non-hydrogen) atoms. The van der Waals surface area contributed by atoms with Gasteiger partial charge in [-0.3, -0.25) is 4.79 Å². The Morgan fingerprint density at radius 3 is 3.19 bits per heavy atom. The molecule has 0 aliphatic carbocycles. The van der Waals surface area contributed by atoms with Crippen LogP contribution in [0, 0.1) is 11.8 Å². The molecule has 112 valence electrons. The highest BCUT2D eigenvalue weighted by molar-refractivity contribution is 5.94. The van der Waals surface area contributed by atoms with E-state index >= 15 is 0 Å². The van der Waals surface area contributed by atoms with Crippen LogP contribution in [-0.2, 0) is 0 Å². The van der Waals surface area contributed by atoms with Gasteiger partial charge in [-0.05, 0) is 38.6 Å². The lowest BCUT2D eigenvalue weighted by molar-refractivity contribution is 0.0923. The number of carbonyl (C=O) groups is 1. The molecular weight excluding hydrogens is 266 g/mol. The number of likely N-dealkylation sites (N-methyl/N-ethyl adjacent to an activating group) is 1. The first-order valence-corrected chi connectivity index (χ1v) is 7.25. The topological polar surface area (TPSA) is 65.5 Å². The van der Waals surface area contributed by atoms with Gasteiger partial charge in [-0.15, -0.1) is 0 Å². The molecule has 0 spiro atoms. The molecule has 1 fully saturated rings. The van der Waals surface area contributed by atoms with Crippen LogP contribution < -0.4 is 5.32 Å². The molecule has 5 nitrogen and oxygen atoms in total. The van der Waals surface area contributed by atoms with Crippen LogP contribution in [0.4, 0.5) is 0 Å². The number of piperidine rings is 1. The molecule has 1 saturated heterocycles. The highest BCUT2D eigenvalue weighted by Crippen LogP contribution is 2.14. The van der Waals surface area contributed by atoms with E-state index in [2.05, 4.69) is 34.1 Å². The van der Waals surface area contributed by atoms with E-state index in [1.165, 1.54) is 12.8 Å². The molecule has 2 heterocycles. The highest BCUT2D eigenvalue weighted by atomic mass is 16.2. The van der Waals surface area contributed by atoms with Crippen molar-refractivity contribution in [3.05, 3.63) is 29.6 Å². The molecule has 1 aromatic heterocycles. The van der Waals surface area contributed by atoms with Gasteiger partial charge < -0.3 is 15.3 Å². The molecule has 0 bridgehead atoms. The summed E-state index contributed by atoms with van der Waals surface area (Å²) in [6.45, 7) is 1.47. The van der Waals surface area contributed by atoms with Gasteiger partial charge in [0.2, 0.25) is 0 Å². The van der Waals surface area contributed by atoms with Gasteiger partial charge in [0.05, 0.1) is 5.56 Å². The lowest BCUT2D eigenvalue weighted by Crippen LogP contribution is -2.44. The zero-order chi connectivity index (χ0) is 15.1. The summed E-state index contributed by atoms with van der Waals surface area (Å²) in [6, 6.07) is 3.85. The Morgan fingerprint density at radius 1 is 1.57 bits per heavy atom. The summed E-state index contributed by atoms with van der Waals surface area (Å²) in [5, 5.41) is 11.7. The third-order valence-electron chi connectivity index (χ3n) is 3.74. The van der Waals surface area contributed by atoms with Crippen LogP contribution in [-0.4, -0.2) is 53.7 Å². The van der Waals surface area contributed by atoms with Crippen molar-refractivity contribution in [2.24, 2.45) is 0 Å². The number of aromatic nitrogens is 1. The van der Waals surface area contributed by atoms with Crippen molar-refractivity contribution >= 4 is 5.91 Å². The monoisotopic (exact) mass is 287 g/mol. The Kier molecular flexibility index (Phi) is 5.73. The van der Waals surface area contributed by atoms with Gasteiger partial charge in [0.15, 0.2) is 0 Å². The van der Waals surface area contributed by atoms with Crippen LogP contribution >= 0.6 is 0 Å². The molecule has 1 unspecified atom stereocenters. The molecule has 0 aromatic carbocycles. The molecule has 1 atom stereocenters. The summed E-state index contributed by atoms with van der Waals surface area (Å²) in [6.07, 6.45) is 5.12. The second-order valence-corrected chi connectivity index (χ2v) is 5.20. The lowest BCUT2D eigenvalue weighted by atomic mass is 10.0. The van der Waals surface area contributed by atoms with Crippen molar-refractivity contribution in [2.75, 3.05) is 26.7 Å². The Bertz CT molecular complexity index is 548. The first kappa shape index (κ1) is 15.5. The number of aliphatic hydroxyl groups is 1. The van der Waals surface area contributed by atoms with Gasteiger partial charge in [0.1, 0.15) is 12.3 Å². The number of pyridine rings is 1. The third kappa shape index (κ3) is 4.28. The molecular formula is C16H21N3O2. The van der Waals surface area contributed by atoms with Crippen LogP contribution in [0.25, 0.3) is 0 Å². The van der Waals surface area contributed by atoms with Crippen molar-refractivity contribution in [3.8, 4) is 11.8 Å². The van der Waals surface area contributed by atoms with Crippen molar-refractivity contribution < 1.29 is 9.90 Å². The average molecular weight is 287 g/mol. The molecule has 0 radical (unpaired) electrons. The van der Waals surface area contributed by atoms with E-state index in [4.69, 9.17) is 5.11 Å². The largest absolute Gasteiger partial charge is 0.384 e. The second kappa shape index (κ2) is 7.77. The number of likely N-dealkylation sites (tertiary alicyclic amines) is 1. The predicted molar refractivity (Wildman–Crippen MR) is 80.8 cm³/mol. The number of nitrogens with zero attached hydrogens (tertiary/aromatic N) is 2. The predicted octanol–water partition coefficient (Wildman–Crippen LogP) is 0.639. The second-order valence-electron chi connectivity index (χ2n) is 5.20. The maximum absolute atomic E-state index is 12.3. The van der Waals surface area contributed by atoms with E-state index in [-0.39, 0.29) is 12.5 Å². The fraction of sp³-hybridized carbons (Fsp3) is 0.500. The number of rotatable bonds is 3. The number of hydrogen-bond acceptors (Lipinski definition) is 4. The summed E-state index contributed by atoms with van der Waals surface area (Å²) in [5.41, 5.74) is 0.859. The lowest BCUT2D eigenvalue weighted by Gasteiger charge is -2.32. The Hall–Kier alpha value is -1.90. The number of aliphatic hydroxyl groups excluding tert-OH is 1. The van der Waals surface area contributed by atoms with Crippen LogP contribution in [0.2, 0.25) is 0 Å². The highest BCUT2D eigenvalue weighted by Gasteiger charge is 2.20. The number of amides is 1. The van der Waals surface area contributed by atoms with E-state index in [1.807, 2.05) is 0 Å². The summed E-state index contributed by atoms with van der Waals surface area (Å²) in [7, 11) is 2.09. The minimum atomic E-state index is -0.233. The van der Waals surface area contributed by atoms with E-state index in [0.29, 0.717) is 23.8 Å². The fourth-order valence-electron chi connectivity index (χ4n) is 2.52. The van der Waals surface area contributed by atoms with Gasteiger partial charge in [-0.1, -0.05) is 18.3 Å². The standard InChI is InChI=1S/C16H21N3O2/c1-19-10-3-2-8-14(19)12-18-16(21)15-13(7-5-11-20)6-4-9-17-15/h4,6,9,14,20H,2-3,8,10-12H2,1H3,(H,18,21). The van der Waals surface area contributed by atoms with Crippen LogP contribution in [0.5, 0.6) is 0 Å². The Morgan fingerprint density at radius 2 is 2.43 bits per heavy atom. The molecule has 1 aliphatic rings. The molecule has 0 saturated carbocycles. The molecule has 1 aliphatic heterocycles. The number of carbonyl (C=O) groups excluding carboxylic acids is 1. The fourth-order valence-corrected chi connectivity index (χ4v) is 2.52. The van der Waals surface area contributed by atoms with Crippen LogP contribution in [0.3, 0.4) is 0 Å². The normalized spacial score (nSPS) is 18.7. The van der Waals surface area contributed by atoms with Gasteiger partial charge >= 0.3 is 0 Å². The zero-order valence-corrected chi connectivity index (χ0v) is 12.3. The van der Waals surface area contributed by atoms with Gasteiger partial charge in [-0.25, -0.2) is 4.98 Å². The van der Waals surface area contributed by atoms with Crippen molar-refractivity contribution in [2.45, 2.75) is 25.3 Å². The van der Waals surface area contributed by atoms with E-state index < -0.39 is 0 Å². The molecule has 1 aromatic rings. The van der Waals surface area contributed by atoms with E-state index in [0.717, 1.165) is 13.0 Å². The molecule has 1 amide bonds. The summed E-state index contributed by atoms with van der Waals surface area (Å²) in [4.78, 5) is 18.6. The minimum absolute atomic E-state index is 0.211. The van der Waals surface area contributed by atoms with Crippen molar-refractivity contribution in [3.63, 3.8) is 0 Å². The van der Waals surface area contributed by atoms with Crippen LogP contribution in [0.15, 0.2) is 18.3 Å².